The van der Waals surface area contributed by atoms with Gasteiger partial charge >= 0.3 is 0 Å². The summed E-state index contributed by atoms with van der Waals surface area (Å²) >= 11 is 0. The zero-order chi connectivity index (χ0) is 18.5. The topological polar surface area (TPSA) is 77.7 Å². The van der Waals surface area contributed by atoms with Crippen LogP contribution < -0.4 is 0 Å². The van der Waals surface area contributed by atoms with Gasteiger partial charge in [0.15, 0.2) is 0 Å². The van der Waals surface area contributed by atoms with Gasteiger partial charge in [-0.3, -0.25) is 9.78 Å². The highest BCUT2D eigenvalue weighted by atomic mass is 16.5. The molecule has 2 fully saturated rings. The molecule has 0 N–H and O–H groups in total. The number of nitrogens with zero attached hydrogens (tertiary/aromatic N) is 3. The van der Waals surface area contributed by atoms with Gasteiger partial charge in [0.05, 0.1) is 24.0 Å². The van der Waals surface area contributed by atoms with Crippen LogP contribution in [-0.4, -0.2) is 52.9 Å². The molecule has 1 spiro atoms. The number of ether oxygens (including phenoxy) is 2. The molecule has 2 aliphatic rings. The van der Waals surface area contributed by atoms with E-state index in [4.69, 9.17) is 14.0 Å². The van der Waals surface area contributed by atoms with Gasteiger partial charge in [-0.15, -0.1) is 0 Å². The van der Waals surface area contributed by atoms with Crippen LogP contribution in [0.4, 0.5) is 0 Å². The van der Waals surface area contributed by atoms with Gasteiger partial charge < -0.3 is 18.9 Å². The third-order valence-electron chi connectivity index (χ3n) is 5.80. The van der Waals surface area contributed by atoms with Crippen LogP contribution in [0, 0.1) is 5.92 Å². The summed E-state index contributed by atoms with van der Waals surface area (Å²) in [5, 5.41) is 3.62. The van der Waals surface area contributed by atoms with E-state index in [1.807, 2.05) is 17.0 Å². The number of piperidine rings is 1. The normalized spacial score (nSPS) is 21.6. The lowest BCUT2D eigenvalue weighted by atomic mass is 9.78. The van der Waals surface area contributed by atoms with Gasteiger partial charge in [0.1, 0.15) is 6.26 Å². The average molecular weight is 371 g/mol. The van der Waals surface area contributed by atoms with Crippen molar-refractivity contribution >= 4 is 5.91 Å². The maximum atomic E-state index is 12.5. The zero-order valence-electron chi connectivity index (χ0n) is 15.4. The molecule has 2 aromatic rings. The van der Waals surface area contributed by atoms with Crippen molar-refractivity contribution in [3.63, 3.8) is 0 Å². The molecule has 2 aromatic heterocycles. The second-order valence-electron chi connectivity index (χ2n) is 7.30. The number of rotatable bonds is 6. The lowest BCUT2D eigenvalue weighted by Crippen LogP contribution is -2.49. The van der Waals surface area contributed by atoms with Crippen molar-refractivity contribution in [2.24, 2.45) is 5.92 Å². The fourth-order valence-corrected chi connectivity index (χ4v) is 4.22. The van der Waals surface area contributed by atoms with Crippen LogP contribution in [0.15, 0.2) is 41.5 Å². The Bertz CT molecular complexity index is 727. The van der Waals surface area contributed by atoms with Crippen LogP contribution >= 0.6 is 0 Å². The van der Waals surface area contributed by atoms with Crippen molar-refractivity contribution < 1.29 is 18.8 Å². The summed E-state index contributed by atoms with van der Waals surface area (Å²) in [4.78, 5) is 18.3. The van der Waals surface area contributed by atoms with E-state index in [2.05, 4.69) is 10.1 Å². The third-order valence-corrected chi connectivity index (χ3v) is 5.80. The molecule has 4 rings (SSSR count). The number of pyridine rings is 1. The molecule has 0 aliphatic carbocycles. The number of carbonyl (C=O) groups is 1. The second-order valence-corrected chi connectivity index (χ2v) is 7.30. The molecule has 1 atom stereocenters. The molecular formula is C20H25N3O4. The fourth-order valence-electron chi connectivity index (χ4n) is 4.22. The number of aromatic nitrogens is 2. The van der Waals surface area contributed by atoms with Gasteiger partial charge in [0.2, 0.25) is 0 Å². The Labute approximate surface area is 158 Å². The highest BCUT2D eigenvalue weighted by molar-refractivity contribution is 5.93. The Balaban J connectivity index is 1.26. The van der Waals surface area contributed by atoms with E-state index in [9.17, 15) is 4.79 Å². The van der Waals surface area contributed by atoms with Crippen molar-refractivity contribution in [2.45, 2.75) is 37.9 Å². The Kier molecular flexibility index (Phi) is 5.50. The van der Waals surface area contributed by atoms with Crippen LogP contribution in [0.2, 0.25) is 0 Å². The van der Waals surface area contributed by atoms with Gasteiger partial charge in [0.25, 0.3) is 5.91 Å². The van der Waals surface area contributed by atoms with E-state index >= 15 is 0 Å². The summed E-state index contributed by atoms with van der Waals surface area (Å²) in [5.74, 6) is 0.476. The van der Waals surface area contributed by atoms with E-state index in [0.29, 0.717) is 31.2 Å². The van der Waals surface area contributed by atoms with Crippen molar-refractivity contribution in [2.75, 3.05) is 26.3 Å². The van der Waals surface area contributed by atoms with Crippen molar-refractivity contribution in [1.29, 1.82) is 0 Å². The minimum absolute atomic E-state index is 0.0127. The standard InChI is InChI=1S/C20H25N3O4/c24-19(17-13-22-27-15-17)23-9-5-20(6-10-23)18(4-12-26-20)3-11-25-14-16-1-7-21-8-2-16/h1-2,7-8,13,15,18H,3-6,9-12,14H2/t18-/m0/s1. The Morgan fingerprint density at radius 1 is 1.30 bits per heavy atom. The lowest BCUT2D eigenvalue weighted by molar-refractivity contribution is -0.0675. The number of carbonyl (C=O) groups excluding carboxylic acids is 1. The molecule has 7 heteroatoms. The second kappa shape index (κ2) is 8.19. The molecule has 0 aromatic carbocycles. The molecule has 1 amide bonds. The summed E-state index contributed by atoms with van der Waals surface area (Å²) < 4.78 is 16.8. The molecule has 2 saturated heterocycles. The molecule has 7 nitrogen and oxygen atoms in total. The Hall–Kier alpha value is -2.25. The van der Waals surface area contributed by atoms with Crippen LogP contribution in [0.3, 0.4) is 0 Å². The summed E-state index contributed by atoms with van der Waals surface area (Å²) in [6.45, 7) is 3.55. The van der Waals surface area contributed by atoms with Gasteiger partial charge in [-0.1, -0.05) is 5.16 Å². The van der Waals surface area contributed by atoms with Gasteiger partial charge in [-0.2, -0.15) is 0 Å². The summed E-state index contributed by atoms with van der Waals surface area (Å²) in [5.41, 5.74) is 1.55. The smallest absolute Gasteiger partial charge is 0.258 e. The number of amides is 1. The molecule has 4 heterocycles. The first kappa shape index (κ1) is 18.1. The average Bonchev–Trinajstić information content (AvgIpc) is 3.37. The molecular weight excluding hydrogens is 346 g/mol. The quantitative estimate of drug-likeness (QED) is 0.727. The zero-order valence-corrected chi connectivity index (χ0v) is 15.4. The maximum Gasteiger partial charge on any atom is 0.258 e. The Morgan fingerprint density at radius 2 is 2.11 bits per heavy atom. The molecule has 27 heavy (non-hydrogen) atoms. The molecule has 0 saturated carbocycles. The lowest BCUT2D eigenvalue weighted by Gasteiger charge is -2.42. The molecule has 2 aliphatic heterocycles. The number of hydrogen-bond acceptors (Lipinski definition) is 6. The van der Waals surface area contributed by atoms with Crippen LogP contribution in [0.25, 0.3) is 0 Å². The largest absolute Gasteiger partial charge is 0.377 e. The van der Waals surface area contributed by atoms with Crippen LogP contribution in [0.5, 0.6) is 0 Å². The first-order valence-electron chi connectivity index (χ1n) is 9.56. The van der Waals surface area contributed by atoms with E-state index in [0.717, 1.165) is 44.5 Å². The van der Waals surface area contributed by atoms with Crippen molar-refractivity contribution in [3.8, 4) is 0 Å². The SMILES string of the molecule is O=C(c1cnoc1)N1CCC2(CC1)OCC[C@@H]2CCOCc1ccncc1. The van der Waals surface area contributed by atoms with E-state index in [1.165, 1.54) is 12.5 Å². The minimum Gasteiger partial charge on any atom is -0.377 e. The van der Waals surface area contributed by atoms with Gasteiger partial charge in [-0.05, 0) is 49.3 Å². The van der Waals surface area contributed by atoms with Crippen molar-refractivity contribution in [3.05, 3.63) is 48.1 Å². The van der Waals surface area contributed by atoms with Crippen molar-refractivity contribution in [1.82, 2.24) is 15.0 Å². The van der Waals surface area contributed by atoms with Crippen LogP contribution in [-0.2, 0) is 16.1 Å². The monoisotopic (exact) mass is 371 g/mol. The number of hydrogen-bond donors (Lipinski definition) is 0. The summed E-state index contributed by atoms with van der Waals surface area (Å²) in [6, 6.07) is 3.95. The molecule has 0 unspecified atom stereocenters. The summed E-state index contributed by atoms with van der Waals surface area (Å²) in [6.07, 6.45) is 10.3. The molecule has 0 bridgehead atoms. The highest BCUT2D eigenvalue weighted by Crippen LogP contribution is 2.42. The Morgan fingerprint density at radius 3 is 2.85 bits per heavy atom. The highest BCUT2D eigenvalue weighted by Gasteiger charge is 2.46. The van der Waals surface area contributed by atoms with Gasteiger partial charge in [0, 0.05) is 38.7 Å². The number of likely N-dealkylation sites (tertiary alicyclic amines) is 1. The van der Waals surface area contributed by atoms with Gasteiger partial charge in [-0.25, -0.2) is 0 Å². The summed E-state index contributed by atoms with van der Waals surface area (Å²) in [7, 11) is 0. The predicted molar refractivity (Wildman–Crippen MR) is 96.9 cm³/mol. The minimum atomic E-state index is -0.106. The fraction of sp³-hybridized carbons (Fsp3) is 0.550. The predicted octanol–water partition coefficient (Wildman–Crippen LogP) is 2.69. The van der Waals surface area contributed by atoms with E-state index in [1.54, 1.807) is 12.4 Å². The third kappa shape index (κ3) is 4.04. The first-order valence-corrected chi connectivity index (χ1v) is 9.56. The maximum absolute atomic E-state index is 12.5. The molecule has 0 radical (unpaired) electrons. The van der Waals surface area contributed by atoms with Crippen LogP contribution in [0.1, 0.15) is 41.6 Å². The van der Waals surface area contributed by atoms with E-state index in [-0.39, 0.29) is 11.5 Å². The van der Waals surface area contributed by atoms with E-state index < -0.39 is 0 Å². The first-order chi connectivity index (χ1) is 13.3. The molecule has 144 valence electrons.